The highest BCUT2D eigenvalue weighted by atomic mass is 28.4. The van der Waals surface area contributed by atoms with Gasteiger partial charge < -0.3 is 13.3 Å². The number of rotatable bonds is 21. The molecule has 0 bridgehead atoms. The van der Waals surface area contributed by atoms with Crippen LogP contribution in [0.4, 0.5) is 0 Å². The van der Waals surface area contributed by atoms with Crippen molar-refractivity contribution in [3.05, 3.63) is 18.7 Å². The Bertz CT molecular complexity index is 493. The summed E-state index contributed by atoms with van der Waals surface area (Å²) in [5.41, 5.74) is 0. The van der Waals surface area contributed by atoms with Crippen LogP contribution >= 0.6 is 0 Å². The summed E-state index contributed by atoms with van der Waals surface area (Å²) in [5, 5.41) is 0. The van der Waals surface area contributed by atoms with Gasteiger partial charge in [0.25, 0.3) is 0 Å². The van der Waals surface area contributed by atoms with Gasteiger partial charge in [-0.3, -0.25) is 0 Å². The molecule has 30 heavy (non-hydrogen) atoms. The Balaban J connectivity index is 2.19. The average Bonchev–Trinajstić information content (AvgIpc) is 3.17. The monoisotopic (exact) mass is 441 g/mol. The van der Waals surface area contributed by atoms with Crippen LogP contribution in [-0.2, 0) is 26.4 Å². The van der Waals surface area contributed by atoms with Crippen molar-refractivity contribution < 1.29 is 17.8 Å². The lowest BCUT2D eigenvalue weighted by Crippen LogP contribution is -2.46. The van der Waals surface area contributed by atoms with E-state index in [0.29, 0.717) is 19.8 Å². The number of hydrogen-bond acceptors (Lipinski definition) is 3. The normalized spacial score (nSPS) is 12.0. The molecule has 0 aromatic carbocycles. The van der Waals surface area contributed by atoms with Crippen molar-refractivity contribution in [2.75, 3.05) is 19.8 Å². The quantitative estimate of drug-likeness (QED) is 0.131. The van der Waals surface area contributed by atoms with Gasteiger partial charge in [0.2, 0.25) is 6.33 Å². The van der Waals surface area contributed by atoms with Crippen LogP contribution < -0.4 is 4.57 Å². The topological polar surface area (TPSA) is 36.5 Å². The van der Waals surface area contributed by atoms with E-state index in [9.17, 15) is 0 Å². The molecule has 0 N–H and O–H groups in total. The van der Waals surface area contributed by atoms with E-state index in [2.05, 4.69) is 34.8 Å². The summed E-state index contributed by atoms with van der Waals surface area (Å²) in [6.45, 7) is 12.4. The largest absolute Gasteiger partial charge is 0.501 e. The van der Waals surface area contributed by atoms with Crippen LogP contribution in [0.2, 0.25) is 6.04 Å². The van der Waals surface area contributed by atoms with Gasteiger partial charge in [0.05, 0.1) is 13.1 Å². The molecule has 0 aliphatic rings. The molecule has 0 spiro atoms. The fourth-order valence-electron chi connectivity index (χ4n) is 3.96. The molecule has 176 valence electrons. The summed E-state index contributed by atoms with van der Waals surface area (Å²) in [5.74, 6) is 0. The summed E-state index contributed by atoms with van der Waals surface area (Å²) in [6, 6.07) is 0.874. The third-order valence-corrected chi connectivity index (χ3v) is 8.66. The highest BCUT2D eigenvalue weighted by Crippen LogP contribution is 2.18. The van der Waals surface area contributed by atoms with E-state index < -0.39 is 8.80 Å². The molecule has 0 saturated heterocycles. The first kappa shape index (κ1) is 27.3. The van der Waals surface area contributed by atoms with Crippen LogP contribution in [-0.4, -0.2) is 33.2 Å². The van der Waals surface area contributed by atoms with E-state index in [1.807, 2.05) is 20.8 Å². The van der Waals surface area contributed by atoms with Crippen molar-refractivity contribution in [2.24, 2.45) is 0 Å². The zero-order chi connectivity index (χ0) is 21.9. The van der Waals surface area contributed by atoms with Gasteiger partial charge in [-0.15, -0.1) is 0 Å². The van der Waals surface area contributed by atoms with Gasteiger partial charge in [-0.25, -0.2) is 9.13 Å². The smallest absolute Gasteiger partial charge is 0.374 e. The van der Waals surface area contributed by atoms with Crippen LogP contribution in [0.5, 0.6) is 0 Å². The van der Waals surface area contributed by atoms with E-state index in [4.69, 9.17) is 13.3 Å². The van der Waals surface area contributed by atoms with Gasteiger partial charge in [0.1, 0.15) is 12.4 Å². The van der Waals surface area contributed by atoms with Crippen molar-refractivity contribution in [1.82, 2.24) is 4.57 Å². The van der Waals surface area contributed by atoms with Crippen molar-refractivity contribution in [3.8, 4) is 0 Å². The first-order chi connectivity index (χ1) is 14.7. The van der Waals surface area contributed by atoms with E-state index in [1.165, 1.54) is 64.2 Å². The van der Waals surface area contributed by atoms with Gasteiger partial charge >= 0.3 is 8.80 Å². The maximum absolute atomic E-state index is 5.95. The van der Waals surface area contributed by atoms with E-state index in [1.54, 1.807) is 0 Å². The standard InChI is InChI=1S/C24H49N2O3Si/c1-5-9-10-11-12-13-14-15-16-17-19-25-21-22-26(24-25)20-18-23-30(27-6-2,28-7-3)29-8-4/h21-22,24H,5-20,23H2,1-4H3/q+1. The Morgan fingerprint density at radius 3 is 1.77 bits per heavy atom. The first-order valence-corrected chi connectivity index (χ1v) is 14.6. The van der Waals surface area contributed by atoms with Gasteiger partial charge in [-0.05, 0) is 40.0 Å². The molecule has 1 rings (SSSR count). The van der Waals surface area contributed by atoms with Crippen LogP contribution in [0, 0.1) is 0 Å². The Labute approximate surface area is 187 Å². The minimum absolute atomic E-state index is 0.647. The van der Waals surface area contributed by atoms with Crippen LogP contribution in [0.25, 0.3) is 0 Å². The molecular formula is C24H49N2O3Si+. The zero-order valence-corrected chi connectivity index (χ0v) is 21.4. The third kappa shape index (κ3) is 12.2. The molecule has 0 aliphatic carbocycles. The molecule has 6 heteroatoms. The fraction of sp³-hybridized carbons (Fsp3) is 0.875. The summed E-state index contributed by atoms with van der Waals surface area (Å²) >= 11 is 0. The van der Waals surface area contributed by atoms with Crippen LogP contribution in [0.3, 0.4) is 0 Å². The van der Waals surface area contributed by atoms with Crippen molar-refractivity contribution >= 4 is 8.80 Å². The number of imidazole rings is 1. The predicted molar refractivity (Wildman–Crippen MR) is 127 cm³/mol. The molecule has 0 amide bonds. The molecule has 0 unspecified atom stereocenters. The average molecular weight is 442 g/mol. The van der Waals surface area contributed by atoms with Crippen molar-refractivity contribution in [2.45, 2.75) is 117 Å². The van der Waals surface area contributed by atoms with Crippen LogP contribution in [0.15, 0.2) is 18.7 Å². The van der Waals surface area contributed by atoms with E-state index >= 15 is 0 Å². The molecule has 0 radical (unpaired) electrons. The maximum atomic E-state index is 5.95. The SMILES string of the molecule is CCCCCCCCCCCCn1cc[n+](CCC[Si](OCC)(OCC)OCC)c1. The van der Waals surface area contributed by atoms with Crippen molar-refractivity contribution in [1.29, 1.82) is 0 Å². The van der Waals surface area contributed by atoms with Gasteiger partial charge in [-0.1, -0.05) is 58.3 Å². The molecule has 0 fully saturated rings. The number of hydrogen-bond donors (Lipinski definition) is 0. The molecular weight excluding hydrogens is 392 g/mol. The molecule has 1 aromatic rings. The highest BCUT2D eigenvalue weighted by Gasteiger charge is 2.39. The Morgan fingerprint density at radius 1 is 0.700 bits per heavy atom. The molecule has 0 aliphatic heterocycles. The summed E-state index contributed by atoms with van der Waals surface area (Å²) in [4.78, 5) is 0. The molecule has 0 saturated carbocycles. The van der Waals surface area contributed by atoms with Gasteiger partial charge in [-0.2, -0.15) is 0 Å². The third-order valence-electron chi connectivity index (χ3n) is 5.51. The van der Waals surface area contributed by atoms with E-state index in [0.717, 1.165) is 25.6 Å². The molecule has 1 aromatic heterocycles. The first-order valence-electron chi connectivity index (χ1n) is 12.7. The molecule has 5 nitrogen and oxygen atoms in total. The van der Waals surface area contributed by atoms with Crippen molar-refractivity contribution in [3.63, 3.8) is 0 Å². The Morgan fingerprint density at radius 2 is 1.23 bits per heavy atom. The Hall–Kier alpha value is -0.693. The maximum Gasteiger partial charge on any atom is 0.501 e. The predicted octanol–water partition coefficient (Wildman–Crippen LogP) is 6.14. The summed E-state index contributed by atoms with van der Waals surface area (Å²) in [6.07, 6.45) is 21.5. The summed E-state index contributed by atoms with van der Waals surface area (Å²) in [7, 11) is -2.51. The number of aryl methyl sites for hydroxylation is 2. The second-order valence-electron chi connectivity index (χ2n) is 8.16. The van der Waals surface area contributed by atoms with Gasteiger partial charge in [0, 0.05) is 25.9 Å². The second-order valence-corrected chi connectivity index (χ2v) is 10.9. The zero-order valence-electron chi connectivity index (χ0n) is 20.4. The lowest BCUT2D eigenvalue weighted by molar-refractivity contribution is -0.696. The Kier molecular flexibility index (Phi) is 16.3. The minimum Gasteiger partial charge on any atom is -0.374 e. The molecule has 1 heterocycles. The second kappa shape index (κ2) is 17.9. The molecule has 0 atom stereocenters. The van der Waals surface area contributed by atoms with Gasteiger partial charge in [0.15, 0.2) is 0 Å². The minimum atomic E-state index is -2.51. The fourth-order valence-corrected chi connectivity index (χ4v) is 6.56. The number of aromatic nitrogens is 2. The van der Waals surface area contributed by atoms with E-state index in [-0.39, 0.29) is 0 Å². The highest BCUT2D eigenvalue weighted by molar-refractivity contribution is 6.60. The number of nitrogens with zero attached hydrogens (tertiary/aromatic N) is 2. The summed E-state index contributed by atoms with van der Waals surface area (Å²) < 4.78 is 22.5. The lowest BCUT2D eigenvalue weighted by Gasteiger charge is -2.28. The van der Waals surface area contributed by atoms with Crippen LogP contribution in [0.1, 0.15) is 98.3 Å². The lowest BCUT2D eigenvalue weighted by atomic mass is 10.1. The number of unbranched alkanes of at least 4 members (excludes halogenated alkanes) is 9.